The molecule has 1 aliphatic rings. The molecule has 0 aromatic heterocycles. The number of carbonyl (C=O) groups excluding carboxylic acids is 1. The molecule has 1 heterocycles. The van der Waals surface area contributed by atoms with Gasteiger partial charge in [-0.05, 0) is 54.2 Å². The molecule has 0 bridgehead atoms. The minimum atomic E-state index is 0.00229. The van der Waals surface area contributed by atoms with E-state index in [1.54, 1.807) is 12.1 Å². The highest BCUT2D eigenvalue weighted by atomic mass is 35.5. The molecule has 3 rings (SSSR count). The molecule has 1 amide bonds. The number of rotatable bonds is 6. The van der Waals surface area contributed by atoms with Crippen LogP contribution >= 0.6 is 11.6 Å². The van der Waals surface area contributed by atoms with Crippen molar-refractivity contribution in [2.75, 3.05) is 24.6 Å². The summed E-state index contributed by atoms with van der Waals surface area (Å²) in [6, 6.07) is 15.7. The number of benzene rings is 2. The van der Waals surface area contributed by atoms with Crippen LogP contribution in [0.25, 0.3) is 0 Å². The third kappa shape index (κ3) is 5.23. The van der Waals surface area contributed by atoms with Crippen molar-refractivity contribution >= 4 is 23.2 Å². The largest absolute Gasteiger partial charge is 0.396 e. The molecule has 0 aliphatic carbocycles. The third-order valence-electron chi connectivity index (χ3n) is 4.94. The van der Waals surface area contributed by atoms with Crippen molar-refractivity contribution < 1.29 is 9.90 Å². The topological polar surface area (TPSA) is 52.6 Å². The number of aliphatic hydroxyl groups excluding tert-OH is 1. The highest BCUT2D eigenvalue weighted by Crippen LogP contribution is 2.23. The molecule has 2 N–H and O–H groups in total. The first-order valence-electron chi connectivity index (χ1n) is 9.10. The number of hydrogen-bond acceptors (Lipinski definition) is 3. The molecular weight excluding hydrogens is 348 g/mol. The van der Waals surface area contributed by atoms with Gasteiger partial charge in [0.05, 0.1) is 6.42 Å². The van der Waals surface area contributed by atoms with Crippen molar-refractivity contribution in [1.82, 2.24) is 5.32 Å². The van der Waals surface area contributed by atoms with Crippen LogP contribution in [0.4, 0.5) is 5.69 Å². The van der Waals surface area contributed by atoms with Crippen LogP contribution in [0, 0.1) is 5.92 Å². The fourth-order valence-corrected chi connectivity index (χ4v) is 3.38. The molecule has 138 valence electrons. The molecule has 26 heavy (non-hydrogen) atoms. The summed E-state index contributed by atoms with van der Waals surface area (Å²) in [6.45, 7) is 2.80. The zero-order valence-corrected chi connectivity index (χ0v) is 15.6. The maximum Gasteiger partial charge on any atom is 0.224 e. The Morgan fingerprint density at radius 3 is 2.27 bits per heavy atom. The molecule has 0 saturated carbocycles. The van der Waals surface area contributed by atoms with Crippen LogP contribution in [0.5, 0.6) is 0 Å². The number of nitrogens with zero attached hydrogens (tertiary/aromatic N) is 1. The molecule has 1 aliphatic heterocycles. The molecule has 0 radical (unpaired) electrons. The number of piperidine rings is 1. The second-order valence-corrected chi connectivity index (χ2v) is 7.30. The summed E-state index contributed by atoms with van der Waals surface area (Å²) >= 11 is 5.86. The molecule has 0 atom stereocenters. The standard InChI is InChI=1S/C21H25ClN2O2/c22-19-5-1-16(2-6-19)13-21(26)23-14-17-3-7-20(8-4-17)24-11-9-18(15-25)10-12-24/h1-8,18,25H,9-15H2,(H,23,26). The summed E-state index contributed by atoms with van der Waals surface area (Å²) in [5.41, 5.74) is 3.25. The summed E-state index contributed by atoms with van der Waals surface area (Å²) in [6.07, 6.45) is 2.44. The van der Waals surface area contributed by atoms with E-state index in [0.717, 1.165) is 37.1 Å². The van der Waals surface area contributed by atoms with Crippen LogP contribution < -0.4 is 10.2 Å². The first kappa shape index (κ1) is 18.7. The van der Waals surface area contributed by atoms with Crippen molar-refractivity contribution in [2.45, 2.75) is 25.8 Å². The van der Waals surface area contributed by atoms with Gasteiger partial charge in [0.25, 0.3) is 0 Å². The quantitative estimate of drug-likeness (QED) is 0.817. The zero-order valence-electron chi connectivity index (χ0n) is 14.8. The Labute approximate surface area is 159 Å². The van der Waals surface area contributed by atoms with E-state index in [4.69, 9.17) is 11.6 Å². The molecular formula is C21H25ClN2O2. The van der Waals surface area contributed by atoms with Crippen LogP contribution in [0.15, 0.2) is 48.5 Å². The normalized spacial score (nSPS) is 15.1. The van der Waals surface area contributed by atoms with E-state index in [2.05, 4.69) is 34.5 Å². The van der Waals surface area contributed by atoms with Crippen LogP contribution in [0.1, 0.15) is 24.0 Å². The van der Waals surface area contributed by atoms with E-state index < -0.39 is 0 Å². The number of anilines is 1. The van der Waals surface area contributed by atoms with Gasteiger partial charge >= 0.3 is 0 Å². The molecule has 0 spiro atoms. The van der Waals surface area contributed by atoms with Crippen molar-refractivity contribution in [2.24, 2.45) is 5.92 Å². The Kier molecular flexibility index (Phi) is 6.53. The summed E-state index contributed by atoms with van der Waals surface area (Å²) in [4.78, 5) is 14.4. The van der Waals surface area contributed by atoms with Crippen LogP contribution in [-0.4, -0.2) is 30.7 Å². The third-order valence-corrected chi connectivity index (χ3v) is 5.19. The predicted molar refractivity (Wildman–Crippen MR) is 105 cm³/mol. The number of carbonyl (C=O) groups is 1. The second-order valence-electron chi connectivity index (χ2n) is 6.86. The van der Waals surface area contributed by atoms with Gasteiger partial charge in [0.15, 0.2) is 0 Å². The Morgan fingerprint density at radius 1 is 1.04 bits per heavy atom. The number of halogens is 1. The molecule has 4 nitrogen and oxygen atoms in total. The monoisotopic (exact) mass is 372 g/mol. The molecule has 0 unspecified atom stereocenters. The lowest BCUT2D eigenvalue weighted by Gasteiger charge is -2.33. The fraction of sp³-hybridized carbons (Fsp3) is 0.381. The summed E-state index contributed by atoms with van der Waals surface area (Å²) in [7, 11) is 0. The highest BCUT2D eigenvalue weighted by Gasteiger charge is 2.18. The second kappa shape index (κ2) is 9.06. The van der Waals surface area contributed by atoms with Gasteiger partial charge in [-0.15, -0.1) is 0 Å². The molecule has 2 aromatic carbocycles. The van der Waals surface area contributed by atoms with Crippen molar-refractivity contribution in [3.05, 3.63) is 64.7 Å². The van der Waals surface area contributed by atoms with Gasteiger partial charge in [0.2, 0.25) is 5.91 Å². The Hall–Kier alpha value is -2.04. The van der Waals surface area contributed by atoms with Gasteiger partial charge in [-0.2, -0.15) is 0 Å². The Balaban J connectivity index is 1.47. The van der Waals surface area contributed by atoms with Crippen LogP contribution in [-0.2, 0) is 17.8 Å². The molecule has 1 saturated heterocycles. The minimum absolute atomic E-state index is 0.00229. The Morgan fingerprint density at radius 2 is 1.65 bits per heavy atom. The van der Waals surface area contributed by atoms with Gasteiger partial charge in [0, 0.05) is 37.0 Å². The average Bonchev–Trinajstić information content (AvgIpc) is 2.69. The Bertz CT molecular complexity index is 708. The average molecular weight is 373 g/mol. The van der Waals surface area contributed by atoms with Crippen LogP contribution in [0.3, 0.4) is 0 Å². The summed E-state index contributed by atoms with van der Waals surface area (Å²) in [5, 5.41) is 12.9. The number of amides is 1. The lowest BCUT2D eigenvalue weighted by Crippen LogP contribution is -2.34. The summed E-state index contributed by atoms with van der Waals surface area (Å²) in [5.74, 6) is 0.448. The van der Waals surface area contributed by atoms with Gasteiger partial charge in [-0.25, -0.2) is 0 Å². The molecule has 1 fully saturated rings. The molecule has 2 aromatic rings. The molecule has 5 heteroatoms. The van der Waals surface area contributed by atoms with Gasteiger partial charge in [-0.1, -0.05) is 35.9 Å². The maximum atomic E-state index is 12.1. The number of nitrogens with one attached hydrogen (secondary N) is 1. The van der Waals surface area contributed by atoms with Gasteiger partial charge in [-0.3, -0.25) is 4.79 Å². The van der Waals surface area contributed by atoms with Gasteiger partial charge in [0.1, 0.15) is 0 Å². The van der Waals surface area contributed by atoms with Crippen molar-refractivity contribution in [3.8, 4) is 0 Å². The highest BCUT2D eigenvalue weighted by molar-refractivity contribution is 6.30. The lowest BCUT2D eigenvalue weighted by atomic mass is 9.97. The van der Waals surface area contributed by atoms with E-state index in [0.29, 0.717) is 30.5 Å². The van der Waals surface area contributed by atoms with E-state index >= 15 is 0 Å². The maximum absolute atomic E-state index is 12.1. The first-order valence-corrected chi connectivity index (χ1v) is 9.48. The number of aliphatic hydroxyl groups is 1. The van der Waals surface area contributed by atoms with Crippen molar-refractivity contribution in [1.29, 1.82) is 0 Å². The summed E-state index contributed by atoms with van der Waals surface area (Å²) < 4.78 is 0. The predicted octanol–water partition coefficient (Wildman–Crippen LogP) is 3.41. The van der Waals surface area contributed by atoms with E-state index in [9.17, 15) is 9.90 Å². The van der Waals surface area contributed by atoms with E-state index in [1.807, 2.05) is 12.1 Å². The van der Waals surface area contributed by atoms with Gasteiger partial charge < -0.3 is 15.3 Å². The van der Waals surface area contributed by atoms with E-state index in [-0.39, 0.29) is 5.91 Å². The SMILES string of the molecule is O=C(Cc1ccc(Cl)cc1)NCc1ccc(N2CCC(CO)CC2)cc1. The minimum Gasteiger partial charge on any atom is -0.396 e. The lowest BCUT2D eigenvalue weighted by molar-refractivity contribution is -0.120. The zero-order chi connectivity index (χ0) is 18.4. The fourth-order valence-electron chi connectivity index (χ4n) is 3.25. The smallest absolute Gasteiger partial charge is 0.224 e. The first-order chi connectivity index (χ1) is 12.6. The van der Waals surface area contributed by atoms with Crippen LogP contribution in [0.2, 0.25) is 5.02 Å². The van der Waals surface area contributed by atoms with E-state index in [1.165, 1.54) is 5.69 Å². The van der Waals surface area contributed by atoms with Crippen molar-refractivity contribution in [3.63, 3.8) is 0 Å². The number of hydrogen-bond donors (Lipinski definition) is 2.